The third kappa shape index (κ3) is 2.27. The van der Waals surface area contributed by atoms with Gasteiger partial charge in [0.2, 0.25) is 0 Å². The fraction of sp³-hybridized carbons (Fsp3) is 0.417. The molecule has 0 radical (unpaired) electrons. The lowest BCUT2D eigenvalue weighted by molar-refractivity contribution is 0.0938. The Morgan fingerprint density at radius 3 is 2.50 bits per heavy atom. The fourth-order valence-electron chi connectivity index (χ4n) is 2.05. The van der Waals surface area contributed by atoms with Crippen LogP contribution in [0, 0.1) is 0 Å². The molecule has 1 amide bonds. The molecular formula is C12H17N3O. The summed E-state index contributed by atoms with van der Waals surface area (Å²) in [4.78, 5) is 11.9. The van der Waals surface area contributed by atoms with Gasteiger partial charge in [0.15, 0.2) is 0 Å². The highest BCUT2D eigenvalue weighted by molar-refractivity contribution is 5.96. The molecule has 0 aliphatic heterocycles. The molecular weight excluding hydrogens is 202 g/mol. The minimum absolute atomic E-state index is 0.0569. The van der Waals surface area contributed by atoms with E-state index in [1.54, 1.807) is 18.2 Å². The van der Waals surface area contributed by atoms with Crippen molar-refractivity contribution in [3.8, 4) is 0 Å². The molecule has 2 rings (SSSR count). The Bertz CT molecular complexity index is 397. The second-order valence-electron chi connectivity index (χ2n) is 4.30. The average molecular weight is 219 g/mol. The van der Waals surface area contributed by atoms with Gasteiger partial charge < -0.3 is 16.8 Å². The molecule has 4 nitrogen and oxygen atoms in total. The van der Waals surface area contributed by atoms with E-state index in [4.69, 9.17) is 11.5 Å². The maximum Gasteiger partial charge on any atom is 0.251 e. The molecule has 0 saturated heterocycles. The molecule has 1 aromatic carbocycles. The molecule has 0 unspecified atom stereocenters. The van der Waals surface area contributed by atoms with Gasteiger partial charge in [0.25, 0.3) is 5.91 Å². The van der Waals surface area contributed by atoms with E-state index in [0.29, 0.717) is 23.0 Å². The highest BCUT2D eigenvalue weighted by Gasteiger charge is 2.18. The van der Waals surface area contributed by atoms with Gasteiger partial charge in [0.05, 0.1) is 11.4 Å². The van der Waals surface area contributed by atoms with Gasteiger partial charge in [-0.3, -0.25) is 4.79 Å². The molecule has 4 heteroatoms. The average Bonchev–Trinajstić information content (AvgIpc) is 2.74. The Kier molecular flexibility index (Phi) is 2.99. The van der Waals surface area contributed by atoms with Crippen LogP contribution in [0.25, 0.3) is 0 Å². The van der Waals surface area contributed by atoms with Crippen molar-refractivity contribution in [2.75, 3.05) is 11.5 Å². The van der Waals surface area contributed by atoms with Crippen molar-refractivity contribution in [3.05, 3.63) is 23.8 Å². The van der Waals surface area contributed by atoms with Crippen LogP contribution >= 0.6 is 0 Å². The molecule has 1 saturated carbocycles. The van der Waals surface area contributed by atoms with Gasteiger partial charge in [-0.15, -0.1) is 0 Å². The summed E-state index contributed by atoms with van der Waals surface area (Å²) >= 11 is 0. The topological polar surface area (TPSA) is 81.1 Å². The summed E-state index contributed by atoms with van der Waals surface area (Å²) < 4.78 is 0. The predicted octanol–water partition coefficient (Wildman–Crippen LogP) is 1.52. The van der Waals surface area contributed by atoms with Gasteiger partial charge in [0.1, 0.15) is 0 Å². The summed E-state index contributed by atoms with van der Waals surface area (Å²) in [5, 5.41) is 3.01. The van der Waals surface area contributed by atoms with E-state index >= 15 is 0 Å². The first-order valence-electron chi connectivity index (χ1n) is 5.62. The van der Waals surface area contributed by atoms with E-state index in [1.165, 1.54) is 12.8 Å². The number of nitrogens with two attached hydrogens (primary N) is 2. The number of hydrogen-bond donors (Lipinski definition) is 3. The van der Waals surface area contributed by atoms with Crippen molar-refractivity contribution in [2.45, 2.75) is 31.7 Å². The highest BCUT2D eigenvalue weighted by Crippen LogP contribution is 2.19. The van der Waals surface area contributed by atoms with Gasteiger partial charge >= 0.3 is 0 Å². The molecule has 0 atom stereocenters. The Morgan fingerprint density at radius 1 is 1.19 bits per heavy atom. The molecule has 86 valence electrons. The van der Waals surface area contributed by atoms with Crippen molar-refractivity contribution in [1.29, 1.82) is 0 Å². The van der Waals surface area contributed by atoms with E-state index in [1.807, 2.05) is 0 Å². The number of carbonyl (C=O) groups excluding carboxylic acids is 1. The lowest BCUT2D eigenvalue weighted by Gasteiger charge is -2.12. The van der Waals surface area contributed by atoms with Crippen molar-refractivity contribution in [2.24, 2.45) is 0 Å². The van der Waals surface area contributed by atoms with Gasteiger partial charge in [-0.2, -0.15) is 0 Å². The summed E-state index contributed by atoms with van der Waals surface area (Å²) in [6.45, 7) is 0. The van der Waals surface area contributed by atoms with Crippen LogP contribution in [0.1, 0.15) is 36.0 Å². The maximum absolute atomic E-state index is 11.9. The monoisotopic (exact) mass is 219 g/mol. The number of carbonyl (C=O) groups is 1. The number of rotatable bonds is 2. The molecule has 1 aromatic rings. The lowest BCUT2D eigenvalue weighted by atomic mass is 10.1. The van der Waals surface area contributed by atoms with Crippen LogP contribution in [0.3, 0.4) is 0 Å². The Labute approximate surface area is 95.0 Å². The van der Waals surface area contributed by atoms with Gasteiger partial charge in [-0.1, -0.05) is 12.8 Å². The zero-order valence-electron chi connectivity index (χ0n) is 9.20. The van der Waals surface area contributed by atoms with Crippen molar-refractivity contribution >= 4 is 17.3 Å². The third-order valence-electron chi connectivity index (χ3n) is 3.04. The van der Waals surface area contributed by atoms with Crippen molar-refractivity contribution in [3.63, 3.8) is 0 Å². The van der Waals surface area contributed by atoms with E-state index in [-0.39, 0.29) is 5.91 Å². The predicted molar refractivity (Wildman–Crippen MR) is 65.0 cm³/mol. The van der Waals surface area contributed by atoms with E-state index < -0.39 is 0 Å². The van der Waals surface area contributed by atoms with Crippen LogP contribution in [-0.4, -0.2) is 11.9 Å². The number of benzene rings is 1. The summed E-state index contributed by atoms with van der Waals surface area (Å²) in [7, 11) is 0. The van der Waals surface area contributed by atoms with Crippen LogP contribution < -0.4 is 16.8 Å². The number of nitrogens with one attached hydrogen (secondary N) is 1. The first-order chi connectivity index (χ1) is 7.66. The minimum Gasteiger partial charge on any atom is -0.397 e. The van der Waals surface area contributed by atoms with Crippen LogP contribution in [-0.2, 0) is 0 Å². The first-order valence-corrected chi connectivity index (χ1v) is 5.62. The van der Waals surface area contributed by atoms with E-state index in [0.717, 1.165) is 12.8 Å². The smallest absolute Gasteiger partial charge is 0.251 e. The number of anilines is 2. The molecule has 5 N–H and O–H groups in total. The number of amides is 1. The van der Waals surface area contributed by atoms with Gasteiger partial charge in [-0.05, 0) is 31.0 Å². The molecule has 0 aromatic heterocycles. The highest BCUT2D eigenvalue weighted by atomic mass is 16.1. The largest absolute Gasteiger partial charge is 0.397 e. The number of hydrogen-bond acceptors (Lipinski definition) is 3. The SMILES string of the molecule is Nc1ccc(C(=O)NC2CCCC2)cc1N. The van der Waals surface area contributed by atoms with Crippen LogP contribution in [0.2, 0.25) is 0 Å². The Hall–Kier alpha value is -1.71. The Balaban J connectivity index is 2.05. The quantitative estimate of drug-likeness (QED) is 0.660. The molecule has 1 aliphatic rings. The summed E-state index contributed by atoms with van der Waals surface area (Å²) in [6.07, 6.45) is 4.57. The second-order valence-corrected chi connectivity index (χ2v) is 4.30. The van der Waals surface area contributed by atoms with Gasteiger partial charge in [-0.25, -0.2) is 0 Å². The maximum atomic E-state index is 11.9. The first kappa shape index (κ1) is 10.8. The molecule has 0 bridgehead atoms. The molecule has 16 heavy (non-hydrogen) atoms. The zero-order valence-corrected chi connectivity index (χ0v) is 9.20. The zero-order chi connectivity index (χ0) is 11.5. The lowest BCUT2D eigenvalue weighted by Crippen LogP contribution is -2.32. The van der Waals surface area contributed by atoms with Crippen LogP contribution in [0.5, 0.6) is 0 Å². The van der Waals surface area contributed by atoms with Crippen LogP contribution in [0.4, 0.5) is 11.4 Å². The molecule has 1 aliphatic carbocycles. The van der Waals surface area contributed by atoms with Crippen LogP contribution in [0.15, 0.2) is 18.2 Å². The molecule has 0 spiro atoms. The summed E-state index contributed by atoms with van der Waals surface area (Å²) in [6, 6.07) is 5.32. The Morgan fingerprint density at radius 2 is 1.88 bits per heavy atom. The van der Waals surface area contributed by atoms with Crippen molar-refractivity contribution < 1.29 is 4.79 Å². The standard InChI is InChI=1S/C12H17N3O/c13-10-6-5-8(7-11(10)14)12(16)15-9-3-1-2-4-9/h5-7,9H,1-4,13-14H2,(H,15,16). The summed E-state index contributed by atoms with van der Waals surface area (Å²) in [5.41, 5.74) is 12.8. The van der Waals surface area contributed by atoms with E-state index in [9.17, 15) is 4.79 Å². The molecule has 1 fully saturated rings. The van der Waals surface area contributed by atoms with Gasteiger partial charge in [0, 0.05) is 11.6 Å². The summed E-state index contributed by atoms with van der Waals surface area (Å²) in [5.74, 6) is -0.0569. The molecule has 0 heterocycles. The normalized spacial score (nSPS) is 16.2. The minimum atomic E-state index is -0.0569. The second kappa shape index (κ2) is 4.43. The van der Waals surface area contributed by atoms with Crippen molar-refractivity contribution in [1.82, 2.24) is 5.32 Å². The fourth-order valence-corrected chi connectivity index (χ4v) is 2.05. The van der Waals surface area contributed by atoms with E-state index in [2.05, 4.69) is 5.32 Å². The number of nitrogen functional groups attached to an aromatic ring is 2. The third-order valence-corrected chi connectivity index (χ3v) is 3.04.